The second kappa shape index (κ2) is 6.90. The second-order valence-corrected chi connectivity index (χ2v) is 4.73. The third-order valence-electron chi connectivity index (χ3n) is 2.88. The highest BCUT2D eigenvalue weighted by Crippen LogP contribution is 2.26. The van der Waals surface area contributed by atoms with Crippen LogP contribution >= 0.6 is 11.6 Å². The molecule has 4 nitrogen and oxygen atoms in total. The minimum atomic E-state index is -0.454. The summed E-state index contributed by atoms with van der Waals surface area (Å²) in [5.74, 6) is -0.0258. The van der Waals surface area contributed by atoms with Crippen LogP contribution in [0.4, 0.5) is 11.5 Å². The Morgan fingerprint density at radius 1 is 1.43 bits per heavy atom. The Morgan fingerprint density at radius 3 is 3.00 bits per heavy atom. The normalized spacial score (nSPS) is 10.0. The highest BCUT2D eigenvalue weighted by atomic mass is 35.5. The Balaban J connectivity index is 2.30. The molecule has 0 saturated heterocycles. The molecule has 5 heteroatoms. The first kappa shape index (κ1) is 15.1. The van der Waals surface area contributed by atoms with Crippen LogP contribution in [0.5, 0.6) is 0 Å². The predicted molar refractivity (Wildman–Crippen MR) is 84.2 cm³/mol. The Labute approximate surface area is 128 Å². The van der Waals surface area contributed by atoms with E-state index in [-0.39, 0.29) is 6.61 Å². The summed E-state index contributed by atoms with van der Waals surface area (Å²) in [7, 11) is 0. The first-order chi connectivity index (χ1) is 10.1. The molecule has 0 atom stereocenters. The van der Waals surface area contributed by atoms with Gasteiger partial charge in [0, 0.05) is 16.9 Å². The molecule has 0 spiro atoms. The number of nitrogens with one attached hydrogen (secondary N) is 1. The fourth-order valence-electron chi connectivity index (χ4n) is 1.75. The third kappa shape index (κ3) is 3.61. The molecule has 0 aliphatic rings. The molecule has 108 valence electrons. The molecular weight excluding hydrogens is 288 g/mol. The number of rotatable bonds is 5. The van der Waals surface area contributed by atoms with Gasteiger partial charge in [0.25, 0.3) is 0 Å². The zero-order valence-corrected chi connectivity index (χ0v) is 12.4. The molecule has 21 heavy (non-hydrogen) atoms. The summed E-state index contributed by atoms with van der Waals surface area (Å²) in [4.78, 5) is 16.2. The lowest BCUT2D eigenvalue weighted by Crippen LogP contribution is -2.09. The SMILES string of the molecule is C=CCOC(=O)c1cccnc1Nc1cccc(Cl)c1C. The van der Waals surface area contributed by atoms with Gasteiger partial charge in [0.1, 0.15) is 18.0 Å². The van der Waals surface area contributed by atoms with Crippen molar-refractivity contribution in [2.75, 3.05) is 11.9 Å². The molecule has 0 fully saturated rings. The van der Waals surface area contributed by atoms with E-state index >= 15 is 0 Å². The highest BCUT2D eigenvalue weighted by Gasteiger charge is 2.14. The van der Waals surface area contributed by atoms with Gasteiger partial charge in [0.2, 0.25) is 0 Å². The molecule has 2 rings (SSSR count). The highest BCUT2D eigenvalue weighted by molar-refractivity contribution is 6.31. The number of ether oxygens (including phenoxy) is 1. The number of nitrogens with zero attached hydrogens (tertiary/aromatic N) is 1. The molecule has 0 amide bonds. The van der Waals surface area contributed by atoms with Crippen molar-refractivity contribution in [1.82, 2.24) is 4.98 Å². The quantitative estimate of drug-likeness (QED) is 0.666. The average Bonchev–Trinajstić information content (AvgIpc) is 2.50. The van der Waals surface area contributed by atoms with Crippen molar-refractivity contribution in [3.8, 4) is 0 Å². The van der Waals surface area contributed by atoms with Gasteiger partial charge in [-0.05, 0) is 36.8 Å². The van der Waals surface area contributed by atoms with Crippen LogP contribution in [0.1, 0.15) is 15.9 Å². The Hall–Kier alpha value is -2.33. The number of aromatic nitrogens is 1. The van der Waals surface area contributed by atoms with Gasteiger partial charge in [0.15, 0.2) is 0 Å². The summed E-state index contributed by atoms with van der Waals surface area (Å²) in [6.07, 6.45) is 3.12. The number of benzene rings is 1. The van der Waals surface area contributed by atoms with Crippen molar-refractivity contribution in [3.05, 3.63) is 65.3 Å². The van der Waals surface area contributed by atoms with Crippen LogP contribution in [0, 0.1) is 6.92 Å². The molecule has 0 saturated carbocycles. The van der Waals surface area contributed by atoms with E-state index in [2.05, 4.69) is 16.9 Å². The lowest BCUT2D eigenvalue weighted by molar-refractivity contribution is 0.0550. The zero-order chi connectivity index (χ0) is 15.2. The van der Waals surface area contributed by atoms with Crippen molar-refractivity contribution in [3.63, 3.8) is 0 Å². The van der Waals surface area contributed by atoms with E-state index in [1.165, 1.54) is 6.08 Å². The Morgan fingerprint density at radius 2 is 2.24 bits per heavy atom. The average molecular weight is 303 g/mol. The number of hydrogen-bond acceptors (Lipinski definition) is 4. The largest absolute Gasteiger partial charge is 0.458 e. The van der Waals surface area contributed by atoms with Gasteiger partial charge < -0.3 is 10.1 Å². The van der Waals surface area contributed by atoms with Crippen molar-refractivity contribution < 1.29 is 9.53 Å². The molecule has 0 aliphatic heterocycles. The molecule has 2 aromatic rings. The minimum absolute atomic E-state index is 0.156. The molecule has 0 radical (unpaired) electrons. The van der Waals surface area contributed by atoms with E-state index in [0.717, 1.165) is 11.3 Å². The maximum Gasteiger partial charge on any atom is 0.342 e. The van der Waals surface area contributed by atoms with Gasteiger partial charge in [-0.2, -0.15) is 0 Å². The summed E-state index contributed by atoms with van der Waals surface area (Å²) in [6, 6.07) is 8.84. The molecule has 0 bridgehead atoms. The summed E-state index contributed by atoms with van der Waals surface area (Å²) < 4.78 is 5.05. The Kier molecular flexibility index (Phi) is 4.95. The number of pyridine rings is 1. The van der Waals surface area contributed by atoms with Crippen LogP contribution in [0.2, 0.25) is 5.02 Å². The van der Waals surface area contributed by atoms with Crippen LogP contribution in [-0.4, -0.2) is 17.6 Å². The van der Waals surface area contributed by atoms with Crippen molar-refractivity contribution in [2.45, 2.75) is 6.92 Å². The van der Waals surface area contributed by atoms with Crippen LogP contribution < -0.4 is 5.32 Å². The molecule has 1 aromatic heterocycles. The molecular formula is C16H15ClN2O2. The fourth-order valence-corrected chi connectivity index (χ4v) is 1.93. The number of anilines is 2. The van der Waals surface area contributed by atoms with Gasteiger partial charge in [-0.3, -0.25) is 0 Å². The predicted octanol–water partition coefficient (Wildman–Crippen LogP) is 4.13. The zero-order valence-electron chi connectivity index (χ0n) is 11.6. The van der Waals surface area contributed by atoms with Crippen molar-refractivity contribution in [2.24, 2.45) is 0 Å². The number of carbonyl (C=O) groups excluding carboxylic acids is 1. The van der Waals surface area contributed by atoms with Gasteiger partial charge in [-0.15, -0.1) is 0 Å². The lowest BCUT2D eigenvalue weighted by Gasteiger charge is -2.12. The van der Waals surface area contributed by atoms with E-state index in [1.54, 1.807) is 24.4 Å². The topological polar surface area (TPSA) is 51.2 Å². The fraction of sp³-hybridized carbons (Fsp3) is 0.125. The maximum absolute atomic E-state index is 12.0. The van der Waals surface area contributed by atoms with E-state index < -0.39 is 5.97 Å². The smallest absolute Gasteiger partial charge is 0.342 e. The van der Waals surface area contributed by atoms with E-state index in [4.69, 9.17) is 16.3 Å². The molecule has 1 heterocycles. The summed E-state index contributed by atoms with van der Waals surface area (Å²) >= 11 is 6.09. The number of esters is 1. The molecule has 0 aliphatic carbocycles. The van der Waals surface area contributed by atoms with E-state index in [9.17, 15) is 4.79 Å². The molecule has 1 N–H and O–H groups in total. The number of halogens is 1. The maximum atomic E-state index is 12.0. The van der Waals surface area contributed by atoms with Gasteiger partial charge in [0.05, 0.1) is 0 Å². The molecule has 0 unspecified atom stereocenters. The first-order valence-electron chi connectivity index (χ1n) is 6.38. The Bertz CT molecular complexity index is 671. The van der Waals surface area contributed by atoms with Crippen LogP contribution in [0.25, 0.3) is 0 Å². The van der Waals surface area contributed by atoms with E-state index in [0.29, 0.717) is 16.4 Å². The third-order valence-corrected chi connectivity index (χ3v) is 3.29. The summed E-state index contributed by atoms with van der Waals surface area (Å²) in [5.41, 5.74) is 2.04. The van der Waals surface area contributed by atoms with Gasteiger partial charge in [-0.25, -0.2) is 9.78 Å². The second-order valence-electron chi connectivity index (χ2n) is 4.32. The van der Waals surface area contributed by atoms with Crippen molar-refractivity contribution >= 4 is 29.1 Å². The van der Waals surface area contributed by atoms with Crippen LogP contribution in [0.15, 0.2) is 49.2 Å². The number of hydrogen-bond donors (Lipinski definition) is 1. The van der Waals surface area contributed by atoms with Crippen molar-refractivity contribution in [1.29, 1.82) is 0 Å². The monoisotopic (exact) mass is 302 g/mol. The van der Waals surface area contributed by atoms with E-state index in [1.807, 2.05) is 19.1 Å². The van der Waals surface area contributed by atoms with Crippen LogP contribution in [-0.2, 0) is 4.74 Å². The minimum Gasteiger partial charge on any atom is -0.458 e. The summed E-state index contributed by atoms with van der Waals surface area (Å²) in [6.45, 7) is 5.56. The standard InChI is InChI=1S/C16H15ClN2O2/c1-3-10-21-16(20)12-6-5-9-18-15(12)19-14-8-4-7-13(17)11(14)2/h3-9H,1,10H2,2H3,(H,18,19). The van der Waals surface area contributed by atoms with Gasteiger partial charge >= 0.3 is 5.97 Å². The molecule has 1 aromatic carbocycles. The lowest BCUT2D eigenvalue weighted by atomic mass is 10.2. The van der Waals surface area contributed by atoms with Gasteiger partial charge in [-0.1, -0.05) is 30.3 Å². The summed E-state index contributed by atoms with van der Waals surface area (Å²) in [5, 5.41) is 3.76. The first-order valence-corrected chi connectivity index (χ1v) is 6.76. The van der Waals surface area contributed by atoms with Crippen LogP contribution in [0.3, 0.4) is 0 Å². The number of carbonyl (C=O) groups is 1.